The molecule has 8 heteroatoms. The molecule has 1 aliphatic heterocycles. The van der Waals surface area contributed by atoms with Crippen molar-refractivity contribution in [2.45, 2.75) is 26.0 Å². The molecule has 2 amide bonds. The highest BCUT2D eigenvalue weighted by Crippen LogP contribution is 2.29. The molecule has 1 heterocycles. The molecule has 0 radical (unpaired) electrons. The molecule has 31 heavy (non-hydrogen) atoms. The second-order valence-electron chi connectivity index (χ2n) is 7.69. The summed E-state index contributed by atoms with van der Waals surface area (Å²) in [6, 6.07) is 12.2. The van der Waals surface area contributed by atoms with Crippen LogP contribution in [0, 0.1) is 5.82 Å². The molecule has 3 rings (SSSR count). The zero-order valence-electron chi connectivity index (χ0n) is 17.7. The zero-order chi connectivity index (χ0) is 22.4. The van der Waals surface area contributed by atoms with Gasteiger partial charge in [-0.1, -0.05) is 24.3 Å². The van der Waals surface area contributed by atoms with Gasteiger partial charge in [0.1, 0.15) is 11.9 Å². The van der Waals surface area contributed by atoms with Crippen LogP contribution in [0.3, 0.4) is 0 Å². The van der Waals surface area contributed by atoms with E-state index in [1.807, 2.05) is 36.2 Å². The minimum atomic E-state index is -0.566. The lowest BCUT2D eigenvalue weighted by molar-refractivity contribution is -0.119. The molecule has 0 aromatic heterocycles. The van der Waals surface area contributed by atoms with Crippen LogP contribution >= 0.6 is 0 Å². The normalized spacial score (nSPS) is 16.0. The molecular weight excluding hydrogens is 404 g/mol. The van der Waals surface area contributed by atoms with Crippen molar-refractivity contribution in [1.82, 2.24) is 10.2 Å². The van der Waals surface area contributed by atoms with Gasteiger partial charge in [-0.2, -0.15) is 0 Å². The summed E-state index contributed by atoms with van der Waals surface area (Å²) in [6.07, 6.45) is -0.538. The third kappa shape index (κ3) is 6.01. The monoisotopic (exact) mass is 431 g/mol. The lowest BCUT2D eigenvalue weighted by Gasteiger charge is -2.16. The maximum atomic E-state index is 14.8. The SMILES string of the molecule is CC(=O)NC[C@H]1CN(c2ccc(-c3ccc(CN(C)CCCF)cc3)c(F)c2)C(=O)O1. The van der Waals surface area contributed by atoms with Crippen LogP contribution in [0.1, 0.15) is 18.9 Å². The van der Waals surface area contributed by atoms with E-state index in [4.69, 9.17) is 4.74 Å². The largest absolute Gasteiger partial charge is 0.442 e. The number of alkyl halides is 1. The van der Waals surface area contributed by atoms with Gasteiger partial charge in [0.15, 0.2) is 0 Å². The van der Waals surface area contributed by atoms with E-state index in [9.17, 15) is 18.4 Å². The van der Waals surface area contributed by atoms with E-state index < -0.39 is 18.0 Å². The number of hydrogen-bond acceptors (Lipinski definition) is 4. The molecule has 166 valence electrons. The first-order valence-corrected chi connectivity index (χ1v) is 10.2. The number of carbonyl (C=O) groups excluding carboxylic acids is 2. The molecule has 0 unspecified atom stereocenters. The van der Waals surface area contributed by atoms with Gasteiger partial charge in [0.2, 0.25) is 5.91 Å². The van der Waals surface area contributed by atoms with Crippen molar-refractivity contribution in [2.75, 3.05) is 38.3 Å². The number of rotatable bonds is 9. The minimum Gasteiger partial charge on any atom is -0.442 e. The Hall–Kier alpha value is -3.00. The van der Waals surface area contributed by atoms with Crippen LogP contribution in [0.25, 0.3) is 11.1 Å². The van der Waals surface area contributed by atoms with Crippen molar-refractivity contribution in [1.29, 1.82) is 0 Å². The summed E-state index contributed by atoms with van der Waals surface area (Å²) in [7, 11) is 1.94. The maximum Gasteiger partial charge on any atom is 0.414 e. The number of carbonyl (C=O) groups is 2. The van der Waals surface area contributed by atoms with Crippen LogP contribution in [0.15, 0.2) is 42.5 Å². The van der Waals surface area contributed by atoms with Gasteiger partial charge in [0.05, 0.1) is 25.5 Å². The third-order valence-corrected chi connectivity index (χ3v) is 5.11. The van der Waals surface area contributed by atoms with Crippen LogP contribution in [-0.4, -0.2) is 56.4 Å². The lowest BCUT2D eigenvalue weighted by atomic mass is 10.0. The quantitative estimate of drug-likeness (QED) is 0.657. The Morgan fingerprint density at radius 1 is 1.26 bits per heavy atom. The van der Waals surface area contributed by atoms with Crippen molar-refractivity contribution in [3.63, 3.8) is 0 Å². The van der Waals surface area contributed by atoms with Gasteiger partial charge in [0, 0.05) is 25.6 Å². The van der Waals surface area contributed by atoms with Gasteiger partial charge in [-0.3, -0.25) is 14.1 Å². The summed E-state index contributed by atoms with van der Waals surface area (Å²) < 4.78 is 32.4. The molecule has 6 nitrogen and oxygen atoms in total. The van der Waals surface area contributed by atoms with Gasteiger partial charge in [-0.15, -0.1) is 0 Å². The van der Waals surface area contributed by atoms with E-state index in [0.717, 1.165) is 11.1 Å². The summed E-state index contributed by atoms with van der Waals surface area (Å²) in [4.78, 5) is 26.6. The number of ether oxygens (including phenoxy) is 1. The van der Waals surface area contributed by atoms with E-state index in [-0.39, 0.29) is 25.7 Å². The molecule has 1 atom stereocenters. The fourth-order valence-corrected chi connectivity index (χ4v) is 3.51. The third-order valence-electron chi connectivity index (χ3n) is 5.11. The van der Waals surface area contributed by atoms with E-state index in [1.165, 1.54) is 17.9 Å². The van der Waals surface area contributed by atoms with Gasteiger partial charge in [-0.25, -0.2) is 9.18 Å². The van der Waals surface area contributed by atoms with E-state index in [2.05, 4.69) is 5.32 Å². The second-order valence-corrected chi connectivity index (χ2v) is 7.69. The van der Waals surface area contributed by atoms with Crippen molar-refractivity contribution >= 4 is 17.7 Å². The zero-order valence-corrected chi connectivity index (χ0v) is 17.7. The first-order valence-electron chi connectivity index (χ1n) is 10.2. The lowest BCUT2D eigenvalue weighted by Crippen LogP contribution is -2.33. The van der Waals surface area contributed by atoms with Crippen molar-refractivity contribution < 1.29 is 23.1 Å². The highest BCUT2D eigenvalue weighted by molar-refractivity contribution is 5.90. The Labute approximate surface area is 180 Å². The summed E-state index contributed by atoms with van der Waals surface area (Å²) in [6.45, 7) is 2.89. The van der Waals surface area contributed by atoms with Crippen molar-refractivity contribution in [2.24, 2.45) is 0 Å². The molecule has 0 aliphatic carbocycles. The fourth-order valence-electron chi connectivity index (χ4n) is 3.51. The Balaban J connectivity index is 1.67. The average molecular weight is 431 g/mol. The number of amides is 2. The molecule has 1 aliphatic rings. The minimum absolute atomic E-state index is 0.206. The molecule has 1 saturated heterocycles. The fraction of sp³-hybridized carbons (Fsp3) is 0.391. The van der Waals surface area contributed by atoms with Crippen molar-refractivity contribution in [3.05, 3.63) is 53.8 Å². The molecule has 2 aromatic carbocycles. The van der Waals surface area contributed by atoms with Crippen LogP contribution in [0.4, 0.5) is 19.3 Å². The Morgan fingerprint density at radius 2 is 2.00 bits per heavy atom. The van der Waals surface area contributed by atoms with Crippen LogP contribution < -0.4 is 10.2 Å². The summed E-state index contributed by atoms with van der Waals surface area (Å²) in [5.41, 5.74) is 2.63. The molecule has 0 saturated carbocycles. The van der Waals surface area contributed by atoms with E-state index in [1.54, 1.807) is 12.1 Å². The number of hydrogen-bond donors (Lipinski definition) is 1. The first kappa shape index (κ1) is 22.7. The number of halogens is 2. The average Bonchev–Trinajstić information content (AvgIpc) is 3.12. The van der Waals surface area contributed by atoms with Gasteiger partial charge in [0.25, 0.3) is 0 Å². The van der Waals surface area contributed by atoms with Gasteiger partial charge in [-0.05, 0) is 42.8 Å². The molecule has 1 fully saturated rings. The number of nitrogens with one attached hydrogen (secondary N) is 1. The predicted octanol–water partition coefficient (Wildman–Crippen LogP) is 3.75. The summed E-state index contributed by atoms with van der Waals surface area (Å²) >= 11 is 0. The number of cyclic esters (lactones) is 1. The Kier molecular flexibility index (Phi) is 7.57. The highest BCUT2D eigenvalue weighted by Gasteiger charge is 2.32. The smallest absolute Gasteiger partial charge is 0.414 e. The standard InChI is InChI=1S/C23H27F2N3O3/c1-16(29)26-13-20-15-28(23(30)31-20)19-8-9-21(22(25)12-19)18-6-4-17(5-7-18)14-27(2)11-3-10-24/h4-9,12,20H,3,10-11,13-15H2,1-2H3,(H,26,29)/t20-/m0/s1. The van der Waals surface area contributed by atoms with Gasteiger partial charge >= 0.3 is 6.09 Å². The molecule has 1 N–H and O–H groups in total. The van der Waals surface area contributed by atoms with E-state index >= 15 is 0 Å². The molecule has 0 bridgehead atoms. The highest BCUT2D eigenvalue weighted by atomic mass is 19.1. The van der Waals surface area contributed by atoms with Crippen molar-refractivity contribution in [3.8, 4) is 11.1 Å². The number of nitrogens with zero attached hydrogens (tertiary/aromatic N) is 2. The first-order chi connectivity index (χ1) is 14.9. The van der Waals surface area contributed by atoms with Crippen LogP contribution in [0.2, 0.25) is 0 Å². The maximum absolute atomic E-state index is 14.8. The van der Waals surface area contributed by atoms with Crippen LogP contribution in [-0.2, 0) is 16.1 Å². The van der Waals surface area contributed by atoms with Crippen LogP contribution in [0.5, 0.6) is 0 Å². The number of anilines is 1. The predicted molar refractivity (Wildman–Crippen MR) is 115 cm³/mol. The molecule has 0 spiro atoms. The second kappa shape index (κ2) is 10.3. The Morgan fingerprint density at radius 3 is 2.65 bits per heavy atom. The molecular formula is C23H27F2N3O3. The van der Waals surface area contributed by atoms with Gasteiger partial charge < -0.3 is 15.0 Å². The molecule has 2 aromatic rings. The van der Waals surface area contributed by atoms with E-state index in [0.29, 0.717) is 30.8 Å². The Bertz CT molecular complexity index is 921. The number of benzene rings is 2. The summed E-state index contributed by atoms with van der Waals surface area (Å²) in [5.74, 6) is -0.647. The summed E-state index contributed by atoms with van der Waals surface area (Å²) in [5, 5.41) is 2.61. The topological polar surface area (TPSA) is 61.9 Å².